The van der Waals surface area contributed by atoms with E-state index in [4.69, 9.17) is 7.85 Å². The molecule has 12 heavy (non-hydrogen) atoms. The second-order valence-electron chi connectivity index (χ2n) is 2.98. The number of nitrogens with one attached hydrogen (secondary N) is 1. The number of carbonyl (C=O) groups is 1. The zero-order valence-electron chi connectivity index (χ0n) is 6.63. The zero-order valence-corrected chi connectivity index (χ0v) is 6.63. The van der Waals surface area contributed by atoms with Crippen LogP contribution in [0.2, 0.25) is 0 Å². The maximum absolute atomic E-state index is 11.0. The summed E-state index contributed by atoms with van der Waals surface area (Å²) in [5.74, 6) is 0.0901. The van der Waals surface area contributed by atoms with E-state index < -0.39 is 0 Å². The minimum atomic E-state index is 0.0901. The van der Waals surface area contributed by atoms with Crippen LogP contribution in [0.3, 0.4) is 0 Å². The monoisotopic (exact) mass is 157 g/mol. The zero-order chi connectivity index (χ0) is 8.55. The van der Waals surface area contributed by atoms with Crippen molar-refractivity contribution in [3.8, 4) is 0 Å². The predicted octanol–water partition coefficient (Wildman–Crippen LogP) is -0.347. The van der Waals surface area contributed by atoms with Crippen LogP contribution in [0.4, 0.5) is 0 Å². The highest BCUT2D eigenvalue weighted by atomic mass is 16.1. The van der Waals surface area contributed by atoms with E-state index in [1.807, 2.05) is 18.2 Å². The van der Waals surface area contributed by atoms with Crippen LogP contribution in [-0.4, -0.2) is 13.8 Å². The van der Waals surface area contributed by atoms with Gasteiger partial charge in [0.05, 0.1) is 6.42 Å². The van der Waals surface area contributed by atoms with Gasteiger partial charge >= 0.3 is 0 Å². The molecule has 1 aromatic rings. The van der Waals surface area contributed by atoms with Crippen LogP contribution in [0.1, 0.15) is 11.1 Å². The minimum Gasteiger partial charge on any atom is -0.352 e. The molecule has 1 heterocycles. The van der Waals surface area contributed by atoms with E-state index in [1.165, 1.54) is 0 Å². The van der Waals surface area contributed by atoms with Crippen molar-refractivity contribution in [1.82, 2.24) is 5.32 Å². The molecule has 0 saturated heterocycles. The molecule has 2 rings (SSSR count). The summed E-state index contributed by atoms with van der Waals surface area (Å²) in [6, 6.07) is 5.66. The van der Waals surface area contributed by atoms with Gasteiger partial charge < -0.3 is 5.32 Å². The standard InChI is InChI=1S/C9H8BNO/c10-8-2-1-6-4-9(12)11-5-7(6)3-8/h1-3H,4-5H2,(H,11,12). The summed E-state index contributed by atoms with van der Waals surface area (Å²) < 4.78 is 0. The summed E-state index contributed by atoms with van der Waals surface area (Å²) in [5.41, 5.74) is 2.98. The Morgan fingerprint density at radius 3 is 3.00 bits per heavy atom. The van der Waals surface area contributed by atoms with E-state index in [9.17, 15) is 4.79 Å². The van der Waals surface area contributed by atoms with Gasteiger partial charge in [-0.3, -0.25) is 4.79 Å². The van der Waals surface area contributed by atoms with Crippen molar-refractivity contribution >= 4 is 19.2 Å². The molecule has 0 aromatic heterocycles. The lowest BCUT2D eigenvalue weighted by Gasteiger charge is -2.16. The molecule has 0 bridgehead atoms. The Labute approximate surface area is 72.4 Å². The van der Waals surface area contributed by atoms with Gasteiger partial charge in [0.15, 0.2) is 0 Å². The normalized spacial score (nSPS) is 15.2. The SMILES string of the molecule is [B]c1ccc2c(c1)CNC(=O)C2. The van der Waals surface area contributed by atoms with Crippen LogP contribution < -0.4 is 10.8 Å². The Hall–Kier alpha value is -1.25. The van der Waals surface area contributed by atoms with Gasteiger partial charge in [-0.05, 0) is 11.1 Å². The fourth-order valence-electron chi connectivity index (χ4n) is 1.41. The van der Waals surface area contributed by atoms with Crippen molar-refractivity contribution in [3.63, 3.8) is 0 Å². The molecule has 1 aliphatic rings. The Morgan fingerprint density at radius 2 is 2.17 bits per heavy atom. The van der Waals surface area contributed by atoms with Crippen LogP contribution in [0.25, 0.3) is 0 Å². The minimum absolute atomic E-state index is 0.0901. The maximum atomic E-state index is 11.0. The number of hydrogen-bond acceptors (Lipinski definition) is 1. The van der Waals surface area contributed by atoms with Crippen molar-refractivity contribution in [2.75, 3.05) is 0 Å². The van der Waals surface area contributed by atoms with Gasteiger partial charge in [-0.1, -0.05) is 23.7 Å². The topological polar surface area (TPSA) is 29.1 Å². The molecule has 0 atom stereocenters. The number of rotatable bonds is 0. The van der Waals surface area contributed by atoms with E-state index >= 15 is 0 Å². The summed E-state index contributed by atoms with van der Waals surface area (Å²) in [5, 5.41) is 2.77. The number of hydrogen-bond donors (Lipinski definition) is 1. The van der Waals surface area contributed by atoms with E-state index in [1.54, 1.807) is 0 Å². The first kappa shape index (κ1) is 7.41. The molecule has 58 valence electrons. The Bertz CT molecular complexity index is 335. The highest BCUT2D eigenvalue weighted by molar-refractivity contribution is 6.32. The molecule has 1 aromatic carbocycles. The van der Waals surface area contributed by atoms with Crippen molar-refractivity contribution < 1.29 is 4.79 Å². The van der Waals surface area contributed by atoms with Crippen molar-refractivity contribution in [2.45, 2.75) is 13.0 Å². The van der Waals surface area contributed by atoms with Gasteiger partial charge in [0.25, 0.3) is 0 Å². The lowest BCUT2D eigenvalue weighted by atomic mass is 9.90. The Kier molecular flexibility index (Phi) is 1.64. The highest BCUT2D eigenvalue weighted by Crippen LogP contribution is 2.11. The summed E-state index contributed by atoms with van der Waals surface area (Å²) in [6.07, 6.45) is 0.482. The van der Waals surface area contributed by atoms with E-state index in [-0.39, 0.29) is 5.91 Å². The third-order valence-corrected chi connectivity index (χ3v) is 2.06. The highest BCUT2D eigenvalue weighted by Gasteiger charge is 2.13. The fraction of sp³-hybridized carbons (Fsp3) is 0.222. The first-order valence-electron chi connectivity index (χ1n) is 3.90. The molecule has 0 unspecified atom stereocenters. The molecule has 2 radical (unpaired) electrons. The van der Waals surface area contributed by atoms with E-state index in [0.717, 1.165) is 16.6 Å². The summed E-state index contributed by atoms with van der Waals surface area (Å²) in [6.45, 7) is 0.610. The summed E-state index contributed by atoms with van der Waals surface area (Å²) in [4.78, 5) is 11.0. The Morgan fingerprint density at radius 1 is 1.33 bits per heavy atom. The summed E-state index contributed by atoms with van der Waals surface area (Å²) >= 11 is 0. The molecule has 1 amide bonds. The third-order valence-electron chi connectivity index (χ3n) is 2.06. The largest absolute Gasteiger partial charge is 0.352 e. The molecule has 0 saturated carbocycles. The van der Waals surface area contributed by atoms with E-state index in [0.29, 0.717) is 13.0 Å². The van der Waals surface area contributed by atoms with Gasteiger partial charge in [0.1, 0.15) is 7.85 Å². The van der Waals surface area contributed by atoms with Crippen molar-refractivity contribution in [1.29, 1.82) is 0 Å². The van der Waals surface area contributed by atoms with Crippen LogP contribution >= 0.6 is 0 Å². The summed E-state index contributed by atoms with van der Waals surface area (Å²) in [7, 11) is 5.60. The van der Waals surface area contributed by atoms with Crippen molar-refractivity contribution in [3.05, 3.63) is 29.3 Å². The van der Waals surface area contributed by atoms with Gasteiger partial charge in [-0.15, -0.1) is 0 Å². The average molecular weight is 157 g/mol. The first-order valence-corrected chi connectivity index (χ1v) is 3.90. The molecule has 0 spiro atoms. The molecule has 2 nitrogen and oxygen atoms in total. The third kappa shape index (κ3) is 1.22. The molecule has 1 N–H and O–H groups in total. The molecular formula is C9H8BNO. The van der Waals surface area contributed by atoms with Crippen LogP contribution in [0.5, 0.6) is 0 Å². The van der Waals surface area contributed by atoms with E-state index in [2.05, 4.69) is 5.32 Å². The molecule has 3 heteroatoms. The predicted molar refractivity (Wildman–Crippen MR) is 47.4 cm³/mol. The molecule has 1 aliphatic heterocycles. The van der Waals surface area contributed by atoms with Crippen LogP contribution in [0, 0.1) is 0 Å². The lowest BCUT2D eigenvalue weighted by Crippen LogP contribution is -2.31. The molecule has 0 fully saturated rings. The smallest absolute Gasteiger partial charge is 0.224 e. The van der Waals surface area contributed by atoms with Crippen molar-refractivity contribution in [2.24, 2.45) is 0 Å². The van der Waals surface area contributed by atoms with Gasteiger partial charge in [0.2, 0.25) is 5.91 Å². The van der Waals surface area contributed by atoms with Gasteiger partial charge in [-0.2, -0.15) is 0 Å². The quantitative estimate of drug-likeness (QED) is 0.512. The Balaban J connectivity index is 2.43. The van der Waals surface area contributed by atoms with Crippen LogP contribution in [0.15, 0.2) is 18.2 Å². The maximum Gasteiger partial charge on any atom is 0.224 e. The van der Waals surface area contributed by atoms with Gasteiger partial charge in [0, 0.05) is 6.54 Å². The lowest BCUT2D eigenvalue weighted by molar-refractivity contribution is -0.121. The second-order valence-corrected chi connectivity index (χ2v) is 2.98. The van der Waals surface area contributed by atoms with Gasteiger partial charge in [-0.25, -0.2) is 0 Å². The molecular weight excluding hydrogens is 149 g/mol. The number of fused-ring (bicyclic) bond motifs is 1. The number of benzene rings is 1. The number of carbonyl (C=O) groups excluding carboxylic acids is 1. The van der Waals surface area contributed by atoms with Crippen LogP contribution in [-0.2, 0) is 17.8 Å². The second kappa shape index (κ2) is 2.66. The first-order chi connectivity index (χ1) is 5.75. The fourth-order valence-corrected chi connectivity index (χ4v) is 1.41. The number of amides is 1. The molecule has 0 aliphatic carbocycles. The average Bonchev–Trinajstić information content (AvgIpc) is 2.05.